The van der Waals surface area contributed by atoms with Crippen molar-refractivity contribution in [3.63, 3.8) is 0 Å². The summed E-state index contributed by atoms with van der Waals surface area (Å²) < 4.78 is 12.8. The number of aromatic nitrogens is 3. The van der Waals surface area contributed by atoms with Gasteiger partial charge in [-0.05, 0) is 36.8 Å². The summed E-state index contributed by atoms with van der Waals surface area (Å²) in [6.45, 7) is 4.50. The predicted octanol–water partition coefficient (Wildman–Crippen LogP) is 2.72. The van der Waals surface area contributed by atoms with Crippen LogP contribution in [0.3, 0.4) is 0 Å². The van der Waals surface area contributed by atoms with Crippen molar-refractivity contribution >= 4 is 35.6 Å². The van der Waals surface area contributed by atoms with Crippen molar-refractivity contribution in [1.82, 2.24) is 24.8 Å². The van der Waals surface area contributed by atoms with Crippen LogP contribution < -0.4 is 14.8 Å². The Morgan fingerprint density at radius 1 is 1.21 bits per heavy atom. The first-order valence-corrected chi connectivity index (χ1v) is 9.41. The third kappa shape index (κ3) is 4.89. The van der Waals surface area contributed by atoms with E-state index < -0.39 is 0 Å². The van der Waals surface area contributed by atoms with Crippen molar-refractivity contribution in [2.75, 3.05) is 26.9 Å². The highest BCUT2D eigenvalue weighted by molar-refractivity contribution is 14.0. The van der Waals surface area contributed by atoms with Gasteiger partial charge in [0.05, 0.1) is 0 Å². The fraction of sp³-hybridized carbons (Fsp3) is 0.350. The summed E-state index contributed by atoms with van der Waals surface area (Å²) >= 11 is 0. The molecule has 3 heterocycles. The van der Waals surface area contributed by atoms with Crippen LogP contribution in [0.4, 0.5) is 0 Å². The number of pyridine rings is 1. The monoisotopic (exact) mass is 508 g/mol. The molecular weight excluding hydrogens is 483 g/mol. The quantitative estimate of drug-likeness (QED) is 0.314. The minimum absolute atomic E-state index is 0. The molecule has 4 rings (SSSR count). The number of hydrogen-bond acceptors (Lipinski definition) is 5. The number of benzene rings is 1. The Hall–Kier alpha value is -2.56. The Kier molecular flexibility index (Phi) is 7.13. The lowest BCUT2D eigenvalue weighted by Gasteiger charge is -2.22. The van der Waals surface area contributed by atoms with Gasteiger partial charge >= 0.3 is 0 Å². The smallest absolute Gasteiger partial charge is 0.231 e. The molecule has 0 saturated heterocycles. The molecule has 9 heteroatoms. The standard InChI is InChI=1S/C20H24N6O2.HI/c1-3-21-20(22-10-9-19-24-23-18-6-4-5-11-26(18)19)25(2)13-15-7-8-16-17(12-15)28-14-27-16;/h4-8,11-12H,3,9-10,13-14H2,1-2H3,(H,21,22);1H. The second-order valence-electron chi connectivity index (χ2n) is 6.57. The van der Waals surface area contributed by atoms with Gasteiger partial charge in [-0.1, -0.05) is 12.1 Å². The summed E-state index contributed by atoms with van der Waals surface area (Å²) in [6, 6.07) is 11.9. The molecule has 0 saturated carbocycles. The normalized spacial score (nSPS) is 12.7. The summed E-state index contributed by atoms with van der Waals surface area (Å²) in [6.07, 6.45) is 2.70. The molecular formula is C20H25IN6O2. The lowest BCUT2D eigenvalue weighted by atomic mass is 10.2. The Bertz CT molecular complexity index is 990. The molecule has 154 valence electrons. The Morgan fingerprint density at radius 3 is 2.93 bits per heavy atom. The molecule has 0 radical (unpaired) electrons. The average molecular weight is 508 g/mol. The van der Waals surface area contributed by atoms with Crippen LogP contribution in [-0.4, -0.2) is 52.4 Å². The second kappa shape index (κ2) is 9.77. The third-order valence-corrected chi connectivity index (χ3v) is 4.53. The summed E-state index contributed by atoms with van der Waals surface area (Å²) in [4.78, 5) is 6.86. The molecule has 3 aromatic rings. The topological polar surface area (TPSA) is 76.3 Å². The molecule has 0 aliphatic carbocycles. The fourth-order valence-electron chi connectivity index (χ4n) is 3.18. The SMILES string of the molecule is CCNC(=NCCc1nnc2ccccn12)N(C)Cc1ccc2c(c1)OCO2.I. The van der Waals surface area contributed by atoms with Crippen LogP contribution in [0.1, 0.15) is 18.3 Å². The highest BCUT2D eigenvalue weighted by Gasteiger charge is 2.15. The summed E-state index contributed by atoms with van der Waals surface area (Å²) in [5.41, 5.74) is 1.99. The Balaban J connectivity index is 0.00000240. The van der Waals surface area contributed by atoms with E-state index in [1.54, 1.807) is 0 Å². The van der Waals surface area contributed by atoms with E-state index in [0.29, 0.717) is 6.54 Å². The summed E-state index contributed by atoms with van der Waals surface area (Å²) in [7, 11) is 2.03. The van der Waals surface area contributed by atoms with Gasteiger partial charge in [-0.3, -0.25) is 9.39 Å². The maximum absolute atomic E-state index is 5.47. The van der Waals surface area contributed by atoms with Gasteiger partial charge in [-0.15, -0.1) is 34.2 Å². The molecule has 0 atom stereocenters. The van der Waals surface area contributed by atoms with E-state index in [9.17, 15) is 0 Å². The van der Waals surface area contributed by atoms with Gasteiger partial charge in [-0.2, -0.15) is 0 Å². The number of hydrogen-bond donors (Lipinski definition) is 1. The van der Waals surface area contributed by atoms with Crippen molar-refractivity contribution in [2.45, 2.75) is 19.9 Å². The van der Waals surface area contributed by atoms with Crippen molar-refractivity contribution < 1.29 is 9.47 Å². The fourth-order valence-corrected chi connectivity index (χ4v) is 3.18. The third-order valence-electron chi connectivity index (χ3n) is 4.53. The van der Waals surface area contributed by atoms with Crippen LogP contribution in [0.5, 0.6) is 11.5 Å². The number of nitrogens with one attached hydrogen (secondary N) is 1. The number of aliphatic imine (C=N–C) groups is 1. The first-order valence-electron chi connectivity index (χ1n) is 9.41. The minimum Gasteiger partial charge on any atom is -0.454 e. The zero-order chi connectivity index (χ0) is 19.3. The van der Waals surface area contributed by atoms with E-state index >= 15 is 0 Å². The number of halogens is 1. The van der Waals surface area contributed by atoms with Gasteiger partial charge in [0, 0.05) is 39.3 Å². The molecule has 0 unspecified atom stereocenters. The molecule has 0 amide bonds. The van der Waals surface area contributed by atoms with Crippen LogP contribution in [-0.2, 0) is 13.0 Å². The van der Waals surface area contributed by atoms with E-state index in [-0.39, 0.29) is 30.8 Å². The van der Waals surface area contributed by atoms with E-state index in [1.807, 2.05) is 48.0 Å². The van der Waals surface area contributed by atoms with Crippen molar-refractivity contribution in [3.8, 4) is 11.5 Å². The van der Waals surface area contributed by atoms with Gasteiger partial charge in [0.25, 0.3) is 0 Å². The highest BCUT2D eigenvalue weighted by atomic mass is 127. The largest absolute Gasteiger partial charge is 0.454 e. The van der Waals surface area contributed by atoms with Crippen LogP contribution in [0, 0.1) is 0 Å². The highest BCUT2D eigenvalue weighted by Crippen LogP contribution is 2.32. The molecule has 0 fully saturated rings. The van der Waals surface area contributed by atoms with Crippen molar-refractivity contribution in [3.05, 3.63) is 54.0 Å². The number of rotatable bonds is 6. The van der Waals surface area contributed by atoms with Gasteiger partial charge in [-0.25, -0.2) is 0 Å². The molecule has 0 bridgehead atoms. The molecule has 29 heavy (non-hydrogen) atoms. The van der Waals surface area contributed by atoms with E-state index in [1.165, 1.54) is 0 Å². The maximum Gasteiger partial charge on any atom is 0.231 e. The van der Waals surface area contributed by atoms with Gasteiger partial charge in [0.2, 0.25) is 6.79 Å². The minimum atomic E-state index is 0. The zero-order valence-corrected chi connectivity index (χ0v) is 18.9. The number of ether oxygens (including phenoxy) is 2. The number of guanidine groups is 1. The van der Waals surface area contributed by atoms with E-state index in [2.05, 4.69) is 33.4 Å². The lowest BCUT2D eigenvalue weighted by Crippen LogP contribution is -2.38. The van der Waals surface area contributed by atoms with Gasteiger partial charge in [0.1, 0.15) is 5.82 Å². The number of fused-ring (bicyclic) bond motifs is 2. The first-order chi connectivity index (χ1) is 13.7. The lowest BCUT2D eigenvalue weighted by molar-refractivity contribution is 0.174. The molecule has 1 N–H and O–H groups in total. The van der Waals surface area contributed by atoms with Gasteiger partial charge in [0.15, 0.2) is 23.1 Å². The molecule has 1 aromatic carbocycles. The Labute approximate surface area is 187 Å². The van der Waals surface area contributed by atoms with Crippen LogP contribution in [0.2, 0.25) is 0 Å². The predicted molar refractivity (Wildman–Crippen MR) is 122 cm³/mol. The van der Waals surface area contributed by atoms with Crippen molar-refractivity contribution in [2.24, 2.45) is 4.99 Å². The van der Waals surface area contributed by atoms with Crippen LogP contribution in [0.15, 0.2) is 47.6 Å². The van der Waals surface area contributed by atoms with Crippen LogP contribution in [0.25, 0.3) is 5.65 Å². The zero-order valence-electron chi connectivity index (χ0n) is 16.5. The molecule has 0 spiro atoms. The van der Waals surface area contributed by atoms with Gasteiger partial charge < -0.3 is 19.7 Å². The van der Waals surface area contributed by atoms with Crippen molar-refractivity contribution in [1.29, 1.82) is 0 Å². The molecule has 1 aliphatic heterocycles. The molecule has 2 aromatic heterocycles. The summed E-state index contributed by atoms with van der Waals surface area (Å²) in [5.74, 6) is 3.36. The maximum atomic E-state index is 5.47. The molecule has 1 aliphatic rings. The van der Waals surface area contributed by atoms with E-state index in [4.69, 9.17) is 14.5 Å². The number of nitrogens with zero attached hydrogens (tertiary/aromatic N) is 5. The first kappa shape index (κ1) is 21.2. The second-order valence-corrected chi connectivity index (χ2v) is 6.57. The van der Waals surface area contributed by atoms with E-state index in [0.717, 1.165) is 54.0 Å². The summed E-state index contributed by atoms with van der Waals surface area (Å²) in [5, 5.41) is 11.8. The van der Waals surface area contributed by atoms with Crippen LogP contribution >= 0.6 is 24.0 Å². The molecule has 8 nitrogen and oxygen atoms in total. The Morgan fingerprint density at radius 2 is 2.07 bits per heavy atom. The average Bonchev–Trinajstić information content (AvgIpc) is 3.34.